The average Bonchev–Trinajstić information content (AvgIpc) is 2.69. The van der Waals surface area contributed by atoms with Crippen LogP contribution in [0.5, 0.6) is 0 Å². The van der Waals surface area contributed by atoms with Gasteiger partial charge in [0.25, 0.3) is 0 Å². The molecule has 27 heavy (non-hydrogen) atoms. The fraction of sp³-hybridized carbons (Fsp3) is 0.136. The Morgan fingerprint density at radius 3 is 2.44 bits per heavy atom. The lowest BCUT2D eigenvalue weighted by Crippen LogP contribution is -2.31. The molecule has 0 aliphatic carbocycles. The first-order valence-electron chi connectivity index (χ1n) is 8.79. The second-order valence-electron chi connectivity index (χ2n) is 6.66. The fourth-order valence-corrected chi connectivity index (χ4v) is 3.36. The van der Waals surface area contributed by atoms with Crippen molar-refractivity contribution in [3.05, 3.63) is 72.1 Å². The number of aryl methyl sites for hydroxylation is 2. The van der Waals surface area contributed by atoms with Crippen LogP contribution >= 0.6 is 12.2 Å². The van der Waals surface area contributed by atoms with Crippen molar-refractivity contribution < 1.29 is 0 Å². The Labute approximate surface area is 163 Å². The molecule has 1 N–H and O–H groups in total. The number of rotatable bonds is 2. The molecule has 4 rings (SSSR count). The molecule has 0 saturated heterocycles. The summed E-state index contributed by atoms with van der Waals surface area (Å²) in [6.07, 6.45) is 3.60. The molecule has 2 aromatic heterocycles. The highest BCUT2D eigenvalue weighted by Gasteiger charge is 2.13. The van der Waals surface area contributed by atoms with Gasteiger partial charge in [-0.25, -0.2) is 0 Å². The standard InChI is InChI=1S/C22H20N4S/c1-14-8-9-17(12-15(14)2)26(3)22(27)25-19-13-16-6-4-10-23-20(16)18-7-5-11-24-21(18)19/h4-13H,1-3H3,(H,25,27). The van der Waals surface area contributed by atoms with Gasteiger partial charge in [0.1, 0.15) is 0 Å². The fourth-order valence-electron chi connectivity index (χ4n) is 3.14. The van der Waals surface area contributed by atoms with Crippen LogP contribution in [0.3, 0.4) is 0 Å². The highest BCUT2D eigenvalue weighted by atomic mass is 32.1. The first kappa shape index (κ1) is 17.4. The van der Waals surface area contributed by atoms with Crippen LogP contribution in [0, 0.1) is 13.8 Å². The molecule has 0 atom stereocenters. The summed E-state index contributed by atoms with van der Waals surface area (Å²) < 4.78 is 0. The van der Waals surface area contributed by atoms with E-state index in [9.17, 15) is 0 Å². The van der Waals surface area contributed by atoms with E-state index in [-0.39, 0.29) is 0 Å². The Bertz CT molecular complexity index is 1170. The van der Waals surface area contributed by atoms with E-state index in [0.717, 1.165) is 33.2 Å². The van der Waals surface area contributed by atoms with Crippen LogP contribution in [0.2, 0.25) is 0 Å². The molecule has 0 fully saturated rings. The lowest BCUT2D eigenvalue weighted by Gasteiger charge is -2.22. The number of fused-ring (bicyclic) bond motifs is 3. The van der Waals surface area contributed by atoms with Gasteiger partial charge in [-0.3, -0.25) is 9.97 Å². The van der Waals surface area contributed by atoms with E-state index in [1.807, 2.05) is 30.1 Å². The number of thiocarbonyl (C=S) groups is 1. The SMILES string of the molecule is Cc1ccc(N(C)C(=S)Nc2cc3cccnc3c3cccnc23)cc1C. The minimum Gasteiger partial charge on any atom is -0.330 e. The normalized spacial score (nSPS) is 10.9. The molecule has 0 spiro atoms. The number of nitrogens with one attached hydrogen (secondary N) is 1. The molecule has 0 aliphatic heterocycles. The minimum absolute atomic E-state index is 0.619. The number of hydrogen-bond acceptors (Lipinski definition) is 3. The van der Waals surface area contributed by atoms with E-state index >= 15 is 0 Å². The number of nitrogens with zero attached hydrogens (tertiary/aromatic N) is 3. The van der Waals surface area contributed by atoms with Gasteiger partial charge in [-0.2, -0.15) is 0 Å². The van der Waals surface area contributed by atoms with Crippen LogP contribution in [0.25, 0.3) is 21.8 Å². The molecular weight excluding hydrogens is 352 g/mol. The van der Waals surface area contributed by atoms with Gasteiger partial charge < -0.3 is 10.2 Å². The number of hydrogen-bond donors (Lipinski definition) is 1. The van der Waals surface area contributed by atoms with E-state index in [4.69, 9.17) is 12.2 Å². The second kappa shape index (κ2) is 6.93. The molecule has 0 radical (unpaired) electrons. The number of anilines is 2. The topological polar surface area (TPSA) is 41.0 Å². The molecule has 0 amide bonds. The molecular formula is C22H20N4S. The van der Waals surface area contributed by atoms with Crippen molar-refractivity contribution in [1.29, 1.82) is 0 Å². The van der Waals surface area contributed by atoms with Crippen LogP contribution in [0.1, 0.15) is 11.1 Å². The van der Waals surface area contributed by atoms with Crippen LogP contribution in [-0.4, -0.2) is 22.1 Å². The zero-order valence-corrected chi connectivity index (χ0v) is 16.3. The highest BCUT2D eigenvalue weighted by Crippen LogP contribution is 2.29. The minimum atomic E-state index is 0.619. The van der Waals surface area contributed by atoms with Gasteiger partial charge in [0.15, 0.2) is 5.11 Å². The van der Waals surface area contributed by atoms with Gasteiger partial charge in [0, 0.05) is 35.9 Å². The summed E-state index contributed by atoms with van der Waals surface area (Å²) in [4.78, 5) is 11.1. The summed E-state index contributed by atoms with van der Waals surface area (Å²) in [5.74, 6) is 0. The van der Waals surface area contributed by atoms with Crippen LogP contribution in [-0.2, 0) is 0 Å². The van der Waals surface area contributed by atoms with Gasteiger partial charge in [-0.15, -0.1) is 0 Å². The Morgan fingerprint density at radius 1 is 0.926 bits per heavy atom. The van der Waals surface area contributed by atoms with Crippen molar-refractivity contribution in [2.45, 2.75) is 13.8 Å². The maximum Gasteiger partial charge on any atom is 0.177 e. The van der Waals surface area contributed by atoms with E-state index in [1.54, 1.807) is 12.4 Å². The third-order valence-electron chi connectivity index (χ3n) is 4.88. The summed E-state index contributed by atoms with van der Waals surface area (Å²) in [5, 5.41) is 6.06. The largest absolute Gasteiger partial charge is 0.330 e. The molecule has 2 heterocycles. The summed E-state index contributed by atoms with van der Waals surface area (Å²) >= 11 is 5.67. The monoisotopic (exact) mass is 372 g/mol. The van der Waals surface area contributed by atoms with Gasteiger partial charge in [0.2, 0.25) is 0 Å². The smallest absolute Gasteiger partial charge is 0.177 e. The van der Waals surface area contributed by atoms with E-state index in [2.05, 4.69) is 59.5 Å². The van der Waals surface area contributed by atoms with Crippen molar-refractivity contribution in [3.63, 3.8) is 0 Å². The molecule has 0 bridgehead atoms. The molecule has 0 saturated carbocycles. The van der Waals surface area contributed by atoms with Crippen LogP contribution in [0.15, 0.2) is 60.9 Å². The molecule has 4 nitrogen and oxygen atoms in total. The molecule has 0 unspecified atom stereocenters. The average molecular weight is 372 g/mol. The van der Waals surface area contributed by atoms with Crippen molar-refractivity contribution in [3.8, 4) is 0 Å². The summed E-state index contributed by atoms with van der Waals surface area (Å²) in [6, 6.07) is 16.4. The summed E-state index contributed by atoms with van der Waals surface area (Å²) in [7, 11) is 1.97. The molecule has 4 aromatic rings. The zero-order chi connectivity index (χ0) is 19.0. The summed E-state index contributed by atoms with van der Waals surface area (Å²) in [6.45, 7) is 4.22. The van der Waals surface area contributed by atoms with Crippen molar-refractivity contribution in [2.24, 2.45) is 0 Å². The van der Waals surface area contributed by atoms with Gasteiger partial charge in [-0.1, -0.05) is 12.1 Å². The van der Waals surface area contributed by atoms with Gasteiger partial charge in [-0.05, 0) is 73.6 Å². The quantitative estimate of drug-likeness (QED) is 0.385. The maximum absolute atomic E-state index is 5.67. The number of benzene rings is 2. The Kier molecular flexibility index (Phi) is 4.46. The zero-order valence-electron chi connectivity index (χ0n) is 15.5. The van der Waals surface area contributed by atoms with Crippen molar-refractivity contribution >= 4 is 50.5 Å². The Hall–Kier alpha value is -3.05. The number of aromatic nitrogens is 2. The van der Waals surface area contributed by atoms with Crippen molar-refractivity contribution in [2.75, 3.05) is 17.3 Å². The molecule has 5 heteroatoms. The first-order chi connectivity index (χ1) is 13.0. The highest BCUT2D eigenvalue weighted by molar-refractivity contribution is 7.80. The Morgan fingerprint density at radius 2 is 1.67 bits per heavy atom. The Balaban J connectivity index is 1.73. The lowest BCUT2D eigenvalue weighted by atomic mass is 10.1. The lowest BCUT2D eigenvalue weighted by molar-refractivity contribution is 1.24. The van der Waals surface area contributed by atoms with Crippen LogP contribution < -0.4 is 10.2 Å². The third kappa shape index (κ3) is 3.22. The predicted octanol–water partition coefficient (Wildman–Crippen LogP) is 5.23. The maximum atomic E-state index is 5.67. The summed E-state index contributed by atoms with van der Waals surface area (Å²) in [5.41, 5.74) is 6.25. The van der Waals surface area contributed by atoms with Gasteiger partial charge >= 0.3 is 0 Å². The van der Waals surface area contributed by atoms with Crippen molar-refractivity contribution in [1.82, 2.24) is 9.97 Å². The number of pyridine rings is 2. The molecule has 2 aromatic carbocycles. The molecule has 0 aliphatic rings. The predicted molar refractivity (Wildman–Crippen MR) is 118 cm³/mol. The van der Waals surface area contributed by atoms with Gasteiger partial charge in [0.05, 0.1) is 16.7 Å². The first-order valence-corrected chi connectivity index (χ1v) is 9.20. The van der Waals surface area contributed by atoms with Crippen LogP contribution in [0.4, 0.5) is 11.4 Å². The van der Waals surface area contributed by atoms with E-state index in [0.29, 0.717) is 5.11 Å². The van der Waals surface area contributed by atoms with E-state index in [1.165, 1.54) is 11.1 Å². The second-order valence-corrected chi connectivity index (χ2v) is 7.04. The third-order valence-corrected chi connectivity index (χ3v) is 5.26. The van der Waals surface area contributed by atoms with E-state index < -0.39 is 0 Å². The molecule has 134 valence electrons.